The Hall–Kier alpha value is -0.280. The summed E-state index contributed by atoms with van der Waals surface area (Å²) in [5.74, 6) is 1.39. The number of amides is 1. The van der Waals surface area contributed by atoms with E-state index in [4.69, 9.17) is 16.3 Å². The van der Waals surface area contributed by atoms with E-state index in [1.165, 1.54) is 0 Å². The zero-order valence-electron chi connectivity index (χ0n) is 11.2. The molecule has 1 unspecified atom stereocenters. The molecular formula is C14H24ClNO2. The summed E-state index contributed by atoms with van der Waals surface area (Å²) in [5, 5.41) is 3.18. The van der Waals surface area contributed by atoms with Gasteiger partial charge in [-0.3, -0.25) is 4.79 Å². The van der Waals surface area contributed by atoms with Crippen molar-refractivity contribution in [3.8, 4) is 0 Å². The van der Waals surface area contributed by atoms with E-state index < -0.39 is 0 Å². The molecule has 0 aromatic carbocycles. The van der Waals surface area contributed by atoms with Gasteiger partial charge in [-0.15, -0.1) is 11.6 Å². The number of hydrogen-bond donors (Lipinski definition) is 1. The third kappa shape index (κ3) is 3.61. The summed E-state index contributed by atoms with van der Waals surface area (Å²) in [7, 11) is 0. The molecule has 4 heteroatoms. The minimum atomic E-state index is -0.163. The van der Waals surface area contributed by atoms with E-state index in [1.807, 2.05) is 0 Å². The van der Waals surface area contributed by atoms with Crippen molar-refractivity contribution >= 4 is 17.5 Å². The maximum Gasteiger partial charge on any atom is 0.223 e. The molecule has 3 nitrogen and oxygen atoms in total. The van der Waals surface area contributed by atoms with Gasteiger partial charge in [0.15, 0.2) is 0 Å². The SMILES string of the molecule is CC1CCC(CCl)(NC(=O)CC2CCCO2)CC1. The molecule has 1 atom stereocenters. The Kier molecular flexibility index (Phi) is 4.91. The lowest BCUT2D eigenvalue weighted by Crippen LogP contribution is -2.52. The van der Waals surface area contributed by atoms with E-state index in [2.05, 4.69) is 12.2 Å². The first-order chi connectivity index (χ1) is 8.63. The van der Waals surface area contributed by atoms with Gasteiger partial charge >= 0.3 is 0 Å². The molecular weight excluding hydrogens is 250 g/mol. The molecule has 0 aromatic rings. The van der Waals surface area contributed by atoms with Crippen LogP contribution in [0.1, 0.15) is 51.9 Å². The predicted octanol–water partition coefficient (Wildman–Crippen LogP) is 2.86. The Morgan fingerprint density at radius 3 is 2.67 bits per heavy atom. The van der Waals surface area contributed by atoms with Gasteiger partial charge in [-0.2, -0.15) is 0 Å². The quantitative estimate of drug-likeness (QED) is 0.800. The van der Waals surface area contributed by atoms with E-state index in [1.54, 1.807) is 0 Å². The fourth-order valence-corrected chi connectivity index (χ4v) is 3.30. The van der Waals surface area contributed by atoms with Crippen LogP contribution < -0.4 is 5.32 Å². The molecule has 0 aromatic heterocycles. The standard InChI is InChI=1S/C14H24ClNO2/c1-11-4-6-14(10-15,7-5-11)16-13(17)9-12-3-2-8-18-12/h11-12H,2-10H2,1H3,(H,16,17). The van der Waals surface area contributed by atoms with Crippen LogP contribution in [-0.4, -0.2) is 30.0 Å². The van der Waals surface area contributed by atoms with E-state index in [0.29, 0.717) is 12.3 Å². The van der Waals surface area contributed by atoms with E-state index in [-0.39, 0.29) is 17.6 Å². The Labute approximate surface area is 115 Å². The minimum absolute atomic E-state index is 0.108. The van der Waals surface area contributed by atoms with E-state index in [0.717, 1.165) is 51.0 Å². The highest BCUT2D eigenvalue weighted by molar-refractivity contribution is 6.18. The highest BCUT2D eigenvalue weighted by atomic mass is 35.5. The van der Waals surface area contributed by atoms with Crippen LogP contribution in [0.2, 0.25) is 0 Å². The van der Waals surface area contributed by atoms with Gasteiger partial charge in [-0.05, 0) is 44.4 Å². The molecule has 1 amide bonds. The van der Waals surface area contributed by atoms with Crippen molar-refractivity contribution in [2.24, 2.45) is 5.92 Å². The van der Waals surface area contributed by atoms with Crippen LogP contribution >= 0.6 is 11.6 Å². The van der Waals surface area contributed by atoms with Crippen LogP contribution in [0.25, 0.3) is 0 Å². The van der Waals surface area contributed by atoms with Gasteiger partial charge < -0.3 is 10.1 Å². The smallest absolute Gasteiger partial charge is 0.223 e. The van der Waals surface area contributed by atoms with E-state index in [9.17, 15) is 4.79 Å². The summed E-state index contributed by atoms with van der Waals surface area (Å²) in [6.07, 6.45) is 7.05. The summed E-state index contributed by atoms with van der Waals surface area (Å²) >= 11 is 6.10. The van der Waals surface area contributed by atoms with E-state index >= 15 is 0 Å². The van der Waals surface area contributed by atoms with Gasteiger partial charge in [0.05, 0.1) is 18.1 Å². The number of alkyl halides is 1. The molecule has 104 valence electrons. The summed E-state index contributed by atoms with van der Waals surface area (Å²) in [5.41, 5.74) is -0.163. The zero-order chi connectivity index (χ0) is 13.0. The Morgan fingerprint density at radius 1 is 1.39 bits per heavy atom. The number of halogens is 1. The lowest BCUT2D eigenvalue weighted by Gasteiger charge is -2.39. The minimum Gasteiger partial charge on any atom is -0.378 e. The molecule has 0 bridgehead atoms. The Balaban J connectivity index is 1.83. The van der Waals surface area contributed by atoms with Gasteiger partial charge in [0.1, 0.15) is 0 Å². The molecule has 2 rings (SSSR count). The molecule has 1 saturated carbocycles. The van der Waals surface area contributed by atoms with Gasteiger partial charge in [0.25, 0.3) is 0 Å². The number of rotatable bonds is 4. The van der Waals surface area contributed by atoms with Gasteiger partial charge in [-0.25, -0.2) is 0 Å². The zero-order valence-corrected chi connectivity index (χ0v) is 12.0. The number of nitrogens with one attached hydrogen (secondary N) is 1. The first-order valence-corrected chi connectivity index (χ1v) is 7.65. The predicted molar refractivity (Wildman–Crippen MR) is 72.8 cm³/mol. The van der Waals surface area contributed by atoms with Crippen molar-refractivity contribution in [2.45, 2.75) is 63.5 Å². The van der Waals surface area contributed by atoms with Gasteiger partial charge in [0, 0.05) is 12.5 Å². The molecule has 0 radical (unpaired) electrons. The van der Waals surface area contributed by atoms with Gasteiger partial charge in [0.2, 0.25) is 5.91 Å². The highest BCUT2D eigenvalue weighted by Crippen LogP contribution is 2.33. The molecule has 1 saturated heterocycles. The summed E-state index contributed by atoms with van der Waals surface area (Å²) in [6, 6.07) is 0. The molecule has 1 N–H and O–H groups in total. The van der Waals surface area contributed by atoms with Crippen molar-refractivity contribution in [3.63, 3.8) is 0 Å². The van der Waals surface area contributed by atoms with Crippen LogP contribution in [-0.2, 0) is 9.53 Å². The van der Waals surface area contributed by atoms with Crippen LogP contribution in [0, 0.1) is 5.92 Å². The molecule has 1 aliphatic heterocycles. The van der Waals surface area contributed by atoms with Crippen LogP contribution in [0.4, 0.5) is 0 Å². The molecule has 1 aliphatic carbocycles. The Bertz CT molecular complexity index is 282. The highest BCUT2D eigenvalue weighted by Gasteiger charge is 2.35. The van der Waals surface area contributed by atoms with Crippen LogP contribution in [0.3, 0.4) is 0 Å². The molecule has 18 heavy (non-hydrogen) atoms. The Morgan fingerprint density at radius 2 is 2.11 bits per heavy atom. The second-order valence-electron chi connectivity index (χ2n) is 5.98. The summed E-state index contributed by atoms with van der Waals surface area (Å²) < 4.78 is 5.50. The fraction of sp³-hybridized carbons (Fsp3) is 0.929. The van der Waals surface area contributed by atoms with Crippen molar-refractivity contribution in [1.29, 1.82) is 0 Å². The average molecular weight is 274 g/mol. The average Bonchev–Trinajstić information content (AvgIpc) is 2.85. The number of hydrogen-bond acceptors (Lipinski definition) is 2. The first kappa shape index (κ1) is 14.1. The monoisotopic (exact) mass is 273 g/mol. The largest absolute Gasteiger partial charge is 0.378 e. The lowest BCUT2D eigenvalue weighted by molar-refractivity contribution is -0.125. The van der Waals surface area contributed by atoms with Crippen LogP contribution in [0.15, 0.2) is 0 Å². The third-order valence-electron chi connectivity index (χ3n) is 4.33. The molecule has 1 heterocycles. The second kappa shape index (κ2) is 6.25. The molecule has 2 fully saturated rings. The van der Waals surface area contributed by atoms with Crippen molar-refractivity contribution < 1.29 is 9.53 Å². The van der Waals surface area contributed by atoms with Crippen molar-refractivity contribution in [2.75, 3.05) is 12.5 Å². The second-order valence-corrected chi connectivity index (χ2v) is 6.25. The maximum absolute atomic E-state index is 12.1. The maximum atomic E-state index is 12.1. The summed E-state index contributed by atoms with van der Waals surface area (Å²) in [6.45, 7) is 3.07. The molecule has 2 aliphatic rings. The third-order valence-corrected chi connectivity index (χ3v) is 4.84. The lowest BCUT2D eigenvalue weighted by atomic mass is 9.78. The topological polar surface area (TPSA) is 38.3 Å². The number of ether oxygens (including phenoxy) is 1. The first-order valence-electron chi connectivity index (χ1n) is 7.12. The number of carbonyl (C=O) groups is 1. The van der Waals surface area contributed by atoms with Gasteiger partial charge in [-0.1, -0.05) is 6.92 Å². The molecule has 0 spiro atoms. The normalized spacial score (nSPS) is 36.6. The fourth-order valence-electron chi connectivity index (χ4n) is 2.97. The number of carbonyl (C=O) groups excluding carboxylic acids is 1. The van der Waals surface area contributed by atoms with Crippen molar-refractivity contribution in [3.05, 3.63) is 0 Å². The van der Waals surface area contributed by atoms with Crippen LogP contribution in [0.5, 0.6) is 0 Å². The summed E-state index contributed by atoms with van der Waals surface area (Å²) in [4.78, 5) is 12.1. The van der Waals surface area contributed by atoms with Crippen molar-refractivity contribution in [1.82, 2.24) is 5.32 Å².